The third kappa shape index (κ3) is 5.03. The van der Waals surface area contributed by atoms with Crippen molar-refractivity contribution in [2.45, 2.75) is 19.1 Å². The molecule has 20 heavy (non-hydrogen) atoms. The van der Waals surface area contributed by atoms with E-state index in [1.807, 2.05) is 31.2 Å². The van der Waals surface area contributed by atoms with E-state index in [0.717, 1.165) is 17.5 Å². The van der Waals surface area contributed by atoms with Gasteiger partial charge < -0.3 is 5.73 Å². The third-order valence-corrected chi connectivity index (χ3v) is 4.70. The first-order chi connectivity index (χ1) is 9.39. The molecule has 1 rings (SSSR count). The molecule has 0 aliphatic heterocycles. The molecule has 0 saturated heterocycles. The summed E-state index contributed by atoms with van der Waals surface area (Å²) in [5.41, 5.74) is 7.33. The van der Waals surface area contributed by atoms with Crippen molar-refractivity contribution in [2.24, 2.45) is 5.73 Å². The Hall–Kier alpha value is -1.24. The molecule has 1 aromatic rings. The Bertz CT molecular complexity index is 583. The SMILES string of the molecule is C=CCN(CC(N)=S)S(=O)(=O)Cc1cccc(CC)c1. The Kier molecular flexibility index (Phi) is 6.32. The molecule has 110 valence electrons. The molecule has 0 amide bonds. The molecule has 6 heteroatoms. The van der Waals surface area contributed by atoms with E-state index in [9.17, 15) is 8.42 Å². The fraction of sp³-hybridized carbons (Fsp3) is 0.357. The topological polar surface area (TPSA) is 63.4 Å². The number of nitrogens with two attached hydrogens (primary N) is 1. The van der Waals surface area contributed by atoms with Crippen molar-refractivity contribution in [1.82, 2.24) is 4.31 Å². The first kappa shape index (κ1) is 16.8. The van der Waals surface area contributed by atoms with Crippen LogP contribution in [0.2, 0.25) is 0 Å². The van der Waals surface area contributed by atoms with Gasteiger partial charge >= 0.3 is 0 Å². The summed E-state index contributed by atoms with van der Waals surface area (Å²) in [7, 11) is -3.46. The van der Waals surface area contributed by atoms with Crippen LogP contribution in [0.5, 0.6) is 0 Å². The molecule has 0 aromatic heterocycles. The Morgan fingerprint density at radius 1 is 1.45 bits per heavy atom. The number of aryl methyl sites for hydroxylation is 1. The average molecular weight is 312 g/mol. The van der Waals surface area contributed by atoms with Crippen LogP contribution in [0.25, 0.3) is 0 Å². The molecule has 4 nitrogen and oxygen atoms in total. The van der Waals surface area contributed by atoms with Crippen LogP contribution in [0.3, 0.4) is 0 Å². The van der Waals surface area contributed by atoms with Crippen molar-refractivity contribution in [2.75, 3.05) is 13.1 Å². The first-order valence-corrected chi connectivity index (χ1v) is 8.35. The van der Waals surface area contributed by atoms with Gasteiger partial charge in [0.25, 0.3) is 0 Å². The van der Waals surface area contributed by atoms with E-state index in [1.54, 1.807) is 0 Å². The van der Waals surface area contributed by atoms with E-state index >= 15 is 0 Å². The van der Waals surface area contributed by atoms with Crippen LogP contribution in [0.4, 0.5) is 0 Å². The van der Waals surface area contributed by atoms with Crippen LogP contribution in [-0.4, -0.2) is 30.8 Å². The maximum absolute atomic E-state index is 12.4. The fourth-order valence-corrected chi connectivity index (χ4v) is 3.52. The van der Waals surface area contributed by atoms with Crippen LogP contribution < -0.4 is 5.73 Å². The molecule has 0 unspecified atom stereocenters. The van der Waals surface area contributed by atoms with Gasteiger partial charge in [-0.15, -0.1) is 6.58 Å². The minimum Gasteiger partial charge on any atom is -0.392 e. The van der Waals surface area contributed by atoms with Crippen LogP contribution in [0.15, 0.2) is 36.9 Å². The quantitative estimate of drug-likeness (QED) is 0.588. The van der Waals surface area contributed by atoms with E-state index in [0.29, 0.717) is 0 Å². The largest absolute Gasteiger partial charge is 0.392 e. The first-order valence-electron chi connectivity index (χ1n) is 6.34. The summed E-state index contributed by atoms with van der Waals surface area (Å²) in [6, 6.07) is 7.57. The zero-order chi connectivity index (χ0) is 15.2. The number of nitrogens with zero attached hydrogens (tertiary/aromatic N) is 1. The summed E-state index contributed by atoms with van der Waals surface area (Å²) in [5, 5.41) is 0. The maximum Gasteiger partial charge on any atom is 0.218 e. The van der Waals surface area contributed by atoms with Crippen molar-refractivity contribution >= 4 is 27.2 Å². The normalized spacial score (nSPS) is 11.5. The van der Waals surface area contributed by atoms with Crippen LogP contribution in [-0.2, 0) is 22.2 Å². The summed E-state index contributed by atoms with van der Waals surface area (Å²) in [6.45, 7) is 5.84. The highest BCUT2D eigenvalue weighted by molar-refractivity contribution is 7.88. The van der Waals surface area contributed by atoms with Crippen molar-refractivity contribution in [3.63, 3.8) is 0 Å². The van der Waals surface area contributed by atoms with E-state index in [2.05, 4.69) is 6.58 Å². The lowest BCUT2D eigenvalue weighted by Crippen LogP contribution is -2.38. The summed E-state index contributed by atoms with van der Waals surface area (Å²) in [5.74, 6) is -0.0582. The molecular formula is C14H20N2O2S2. The monoisotopic (exact) mass is 312 g/mol. The molecular weight excluding hydrogens is 292 g/mol. The molecule has 0 aliphatic carbocycles. The highest BCUT2D eigenvalue weighted by atomic mass is 32.2. The zero-order valence-electron chi connectivity index (χ0n) is 11.6. The highest BCUT2D eigenvalue weighted by Crippen LogP contribution is 2.13. The Morgan fingerprint density at radius 3 is 2.65 bits per heavy atom. The van der Waals surface area contributed by atoms with Crippen molar-refractivity contribution in [3.05, 3.63) is 48.0 Å². The number of hydrogen-bond acceptors (Lipinski definition) is 3. The van der Waals surface area contributed by atoms with Crippen molar-refractivity contribution in [3.8, 4) is 0 Å². The molecule has 2 N–H and O–H groups in total. The number of thiocarbonyl (C=S) groups is 1. The standard InChI is InChI=1S/C14H20N2O2S2/c1-3-8-16(10-14(15)19)20(17,18)11-13-7-5-6-12(4-2)9-13/h3,5-7,9H,1,4,8,10-11H2,2H3,(H2,15,19). The summed E-state index contributed by atoms with van der Waals surface area (Å²) in [4.78, 5) is 0.151. The molecule has 0 bridgehead atoms. The van der Waals surface area contributed by atoms with Gasteiger partial charge in [-0.25, -0.2) is 8.42 Å². The maximum atomic E-state index is 12.4. The molecule has 0 spiro atoms. The molecule has 0 fully saturated rings. The van der Waals surface area contributed by atoms with Gasteiger partial charge in [-0.2, -0.15) is 4.31 Å². The van der Waals surface area contributed by atoms with Gasteiger partial charge in [0.05, 0.1) is 17.3 Å². The van der Waals surface area contributed by atoms with E-state index < -0.39 is 10.0 Å². The summed E-state index contributed by atoms with van der Waals surface area (Å²) in [6.07, 6.45) is 2.40. The lowest BCUT2D eigenvalue weighted by molar-refractivity contribution is 0.481. The number of hydrogen-bond donors (Lipinski definition) is 1. The Morgan fingerprint density at radius 2 is 2.10 bits per heavy atom. The second-order valence-corrected chi connectivity index (χ2v) is 6.97. The van der Waals surface area contributed by atoms with Gasteiger partial charge in [-0.3, -0.25) is 0 Å². The highest BCUT2D eigenvalue weighted by Gasteiger charge is 2.22. The molecule has 0 radical (unpaired) electrons. The van der Waals surface area contributed by atoms with Gasteiger partial charge in [-0.05, 0) is 17.5 Å². The predicted octanol–water partition coefficient (Wildman–Crippen LogP) is 1.85. The van der Waals surface area contributed by atoms with E-state index in [4.69, 9.17) is 18.0 Å². The second kappa shape index (κ2) is 7.52. The zero-order valence-corrected chi connectivity index (χ0v) is 13.2. The van der Waals surface area contributed by atoms with E-state index in [-0.39, 0.29) is 23.8 Å². The minimum absolute atomic E-state index is 0.0388. The molecule has 0 saturated carbocycles. The number of benzene rings is 1. The Balaban J connectivity index is 2.95. The Labute approximate surface area is 126 Å². The summed E-state index contributed by atoms with van der Waals surface area (Å²) < 4.78 is 26.0. The average Bonchev–Trinajstić information content (AvgIpc) is 2.37. The van der Waals surface area contributed by atoms with Crippen molar-refractivity contribution < 1.29 is 8.42 Å². The predicted molar refractivity (Wildman–Crippen MR) is 87.0 cm³/mol. The smallest absolute Gasteiger partial charge is 0.218 e. The van der Waals surface area contributed by atoms with Gasteiger partial charge in [-0.1, -0.05) is 49.5 Å². The molecule has 0 aliphatic rings. The third-order valence-electron chi connectivity index (χ3n) is 2.81. The van der Waals surface area contributed by atoms with Gasteiger partial charge in [0, 0.05) is 6.54 Å². The van der Waals surface area contributed by atoms with Crippen LogP contribution in [0, 0.1) is 0 Å². The van der Waals surface area contributed by atoms with Gasteiger partial charge in [0.15, 0.2) is 0 Å². The molecule has 1 aromatic carbocycles. The number of rotatable bonds is 8. The van der Waals surface area contributed by atoms with E-state index in [1.165, 1.54) is 10.4 Å². The molecule has 0 heterocycles. The van der Waals surface area contributed by atoms with Crippen molar-refractivity contribution in [1.29, 1.82) is 0 Å². The van der Waals surface area contributed by atoms with Gasteiger partial charge in [0.2, 0.25) is 10.0 Å². The second-order valence-electron chi connectivity index (χ2n) is 4.48. The number of sulfonamides is 1. The minimum atomic E-state index is -3.46. The summed E-state index contributed by atoms with van der Waals surface area (Å²) >= 11 is 4.80. The lowest BCUT2D eigenvalue weighted by Gasteiger charge is -2.20. The van der Waals surface area contributed by atoms with Gasteiger partial charge in [0.1, 0.15) is 0 Å². The molecule has 0 atom stereocenters. The lowest BCUT2D eigenvalue weighted by atomic mass is 10.1. The fourth-order valence-electron chi connectivity index (χ4n) is 1.84. The van der Waals surface area contributed by atoms with Crippen LogP contribution in [0.1, 0.15) is 18.1 Å². The van der Waals surface area contributed by atoms with Crippen LogP contribution >= 0.6 is 12.2 Å².